The molecule has 1 aliphatic rings. The van der Waals surface area contributed by atoms with Crippen LogP contribution in [0, 0.1) is 13.8 Å². The highest BCUT2D eigenvalue weighted by atomic mass is 35.5. The van der Waals surface area contributed by atoms with Crippen LogP contribution < -0.4 is 10.2 Å². The number of fused-ring (bicyclic) bond motifs is 1. The van der Waals surface area contributed by atoms with Gasteiger partial charge in [0.1, 0.15) is 16.2 Å². The van der Waals surface area contributed by atoms with E-state index in [9.17, 15) is 4.79 Å². The Morgan fingerprint density at radius 2 is 2.10 bits per heavy atom. The summed E-state index contributed by atoms with van der Waals surface area (Å²) < 4.78 is 5.43. The van der Waals surface area contributed by atoms with Crippen molar-refractivity contribution in [3.8, 4) is 0 Å². The number of aryl methyl sites for hydroxylation is 2. The SMILES string of the molecule is Cc1sc2ncnc(SCC(=O)Nc3cccc(Cl)c3N3CCOCC3)c2c1C. The average molecular weight is 449 g/mol. The van der Waals surface area contributed by atoms with Gasteiger partial charge in [-0.15, -0.1) is 11.3 Å². The van der Waals surface area contributed by atoms with Gasteiger partial charge in [0.05, 0.1) is 35.4 Å². The standard InChI is InChI=1S/C20H21ClN4O2S2/c1-12-13(2)29-20-17(12)19(22-11-23-20)28-10-16(26)24-15-5-3-4-14(21)18(15)25-6-8-27-9-7-25/h3-5,11H,6-10H2,1-2H3,(H,24,26). The van der Waals surface area contributed by atoms with Crippen LogP contribution in [0.1, 0.15) is 10.4 Å². The van der Waals surface area contributed by atoms with Crippen molar-refractivity contribution in [2.75, 3.05) is 42.3 Å². The molecule has 6 nitrogen and oxygen atoms in total. The number of thioether (sulfide) groups is 1. The van der Waals surface area contributed by atoms with Crippen molar-refractivity contribution < 1.29 is 9.53 Å². The number of ether oxygens (including phenoxy) is 1. The molecule has 4 rings (SSSR count). The molecule has 1 N–H and O–H groups in total. The molecule has 1 aromatic carbocycles. The van der Waals surface area contributed by atoms with Gasteiger partial charge in [-0.3, -0.25) is 4.79 Å². The summed E-state index contributed by atoms with van der Waals surface area (Å²) in [6.45, 7) is 6.95. The maximum Gasteiger partial charge on any atom is 0.234 e. The molecule has 3 heterocycles. The lowest BCUT2D eigenvalue weighted by atomic mass is 10.2. The van der Waals surface area contributed by atoms with Crippen LogP contribution >= 0.6 is 34.7 Å². The Kier molecular flexibility index (Phi) is 6.24. The molecular weight excluding hydrogens is 428 g/mol. The third-order valence-electron chi connectivity index (χ3n) is 4.86. The summed E-state index contributed by atoms with van der Waals surface area (Å²) in [5.74, 6) is 0.165. The number of carbonyl (C=O) groups excluding carboxylic acids is 1. The maximum atomic E-state index is 12.7. The number of para-hydroxylation sites is 1. The lowest BCUT2D eigenvalue weighted by molar-refractivity contribution is -0.113. The second-order valence-corrected chi connectivity index (χ2v) is 9.29. The molecule has 0 atom stereocenters. The minimum Gasteiger partial charge on any atom is -0.378 e. The first-order chi connectivity index (χ1) is 14.0. The van der Waals surface area contributed by atoms with Crippen molar-refractivity contribution in [3.05, 3.63) is 40.0 Å². The molecule has 9 heteroatoms. The molecule has 1 saturated heterocycles. The summed E-state index contributed by atoms with van der Waals surface area (Å²) in [7, 11) is 0. The van der Waals surface area contributed by atoms with Crippen LogP contribution in [0.2, 0.25) is 5.02 Å². The fourth-order valence-corrected chi connectivity index (χ4v) is 5.52. The Balaban J connectivity index is 1.49. The molecule has 152 valence electrons. The largest absolute Gasteiger partial charge is 0.378 e. The molecule has 0 unspecified atom stereocenters. The lowest BCUT2D eigenvalue weighted by Gasteiger charge is -2.31. The summed E-state index contributed by atoms with van der Waals surface area (Å²) in [5.41, 5.74) is 2.75. The zero-order chi connectivity index (χ0) is 20.4. The van der Waals surface area contributed by atoms with Crippen LogP contribution in [0.5, 0.6) is 0 Å². The zero-order valence-electron chi connectivity index (χ0n) is 16.2. The molecule has 0 aliphatic carbocycles. The second kappa shape index (κ2) is 8.87. The molecule has 3 aromatic rings. The monoisotopic (exact) mass is 448 g/mol. The number of halogens is 1. The van der Waals surface area contributed by atoms with Gasteiger partial charge >= 0.3 is 0 Å². The van der Waals surface area contributed by atoms with Crippen molar-refractivity contribution in [3.63, 3.8) is 0 Å². The summed E-state index contributed by atoms with van der Waals surface area (Å²) in [5, 5.41) is 5.53. The fraction of sp³-hybridized carbons (Fsp3) is 0.350. The minimum absolute atomic E-state index is 0.0943. The molecule has 1 fully saturated rings. The lowest BCUT2D eigenvalue weighted by Crippen LogP contribution is -2.37. The number of rotatable bonds is 5. The molecule has 0 spiro atoms. The van der Waals surface area contributed by atoms with Gasteiger partial charge < -0.3 is 15.0 Å². The van der Waals surface area contributed by atoms with Gasteiger partial charge in [-0.25, -0.2) is 9.97 Å². The first-order valence-electron chi connectivity index (χ1n) is 9.29. The predicted molar refractivity (Wildman–Crippen MR) is 121 cm³/mol. The molecule has 0 bridgehead atoms. The number of thiophene rings is 1. The number of aromatic nitrogens is 2. The topological polar surface area (TPSA) is 67.4 Å². The Labute approximate surface area is 182 Å². The van der Waals surface area contributed by atoms with E-state index in [0.717, 1.165) is 39.7 Å². The van der Waals surface area contributed by atoms with Crippen LogP contribution in [0.3, 0.4) is 0 Å². The molecule has 0 radical (unpaired) electrons. The van der Waals surface area contributed by atoms with Gasteiger partial charge in [-0.05, 0) is 31.5 Å². The van der Waals surface area contributed by atoms with Crippen molar-refractivity contribution >= 4 is 62.2 Å². The number of hydrogen-bond donors (Lipinski definition) is 1. The van der Waals surface area contributed by atoms with Crippen molar-refractivity contribution in [2.45, 2.75) is 18.9 Å². The van der Waals surface area contributed by atoms with E-state index in [0.29, 0.717) is 18.2 Å². The number of amides is 1. The zero-order valence-corrected chi connectivity index (χ0v) is 18.6. The van der Waals surface area contributed by atoms with Gasteiger partial charge in [0.2, 0.25) is 5.91 Å². The molecular formula is C20H21ClN4O2S2. The van der Waals surface area contributed by atoms with Gasteiger partial charge in [-0.2, -0.15) is 0 Å². The molecule has 2 aromatic heterocycles. The number of hydrogen-bond acceptors (Lipinski definition) is 7. The first-order valence-corrected chi connectivity index (χ1v) is 11.5. The Hall–Kier alpha value is -1.87. The summed E-state index contributed by atoms with van der Waals surface area (Å²) >= 11 is 9.53. The Morgan fingerprint density at radius 3 is 2.90 bits per heavy atom. The maximum absolute atomic E-state index is 12.7. The van der Waals surface area contributed by atoms with Crippen LogP contribution in [0.25, 0.3) is 10.2 Å². The van der Waals surface area contributed by atoms with E-state index in [4.69, 9.17) is 16.3 Å². The van der Waals surface area contributed by atoms with Crippen molar-refractivity contribution in [1.29, 1.82) is 0 Å². The van der Waals surface area contributed by atoms with Gasteiger partial charge in [0.15, 0.2) is 0 Å². The van der Waals surface area contributed by atoms with E-state index in [2.05, 4.69) is 34.0 Å². The van der Waals surface area contributed by atoms with Crippen molar-refractivity contribution in [2.24, 2.45) is 0 Å². The van der Waals surface area contributed by atoms with E-state index >= 15 is 0 Å². The molecule has 1 amide bonds. The number of benzene rings is 1. The summed E-state index contributed by atoms with van der Waals surface area (Å²) in [6.07, 6.45) is 1.56. The normalized spacial score (nSPS) is 14.4. The third-order valence-corrected chi connectivity index (χ3v) is 7.27. The number of anilines is 2. The Morgan fingerprint density at radius 1 is 1.31 bits per heavy atom. The van der Waals surface area contributed by atoms with Crippen molar-refractivity contribution in [1.82, 2.24) is 9.97 Å². The summed E-state index contributed by atoms with van der Waals surface area (Å²) in [6, 6.07) is 5.57. The smallest absolute Gasteiger partial charge is 0.234 e. The predicted octanol–water partition coefficient (Wildman–Crippen LogP) is 4.53. The van der Waals surface area contributed by atoms with E-state index in [-0.39, 0.29) is 11.7 Å². The third kappa shape index (κ3) is 4.35. The highest BCUT2D eigenvalue weighted by Gasteiger charge is 2.19. The average Bonchev–Trinajstić information content (AvgIpc) is 3.01. The molecule has 1 aliphatic heterocycles. The Bertz CT molecular complexity index is 1050. The number of nitrogens with one attached hydrogen (secondary N) is 1. The quantitative estimate of drug-likeness (QED) is 0.457. The highest BCUT2D eigenvalue weighted by Crippen LogP contribution is 2.36. The number of carbonyl (C=O) groups is 1. The van der Waals surface area contributed by atoms with Crippen LogP contribution in [-0.2, 0) is 9.53 Å². The van der Waals surface area contributed by atoms with Crippen LogP contribution in [-0.4, -0.2) is 47.9 Å². The van der Waals surface area contributed by atoms with E-state index in [1.165, 1.54) is 22.2 Å². The minimum atomic E-state index is -0.0943. The van der Waals surface area contributed by atoms with E-state index < -0.39 is 0 Å². The van der Waals surface area contributed by atoms with E-state index in [1.54, 1.807) is 17.7 Å². The van der Waals surface area contributed by atoms with Crippen LogP contribution in [0.4, 0.5) is 11.4 Å². The second-order valence-electron chi connectivity index (χ2n) is 6.71. The molecule has 0 saturated carbocycles. The molecule has 29 heavy (non-hydrogen) atoms. The van der Waals surface area contributed by atoms with E-state index in [1.807, 2.05) is 18.2 Å². The first kappa shape index (κ1) is 20.4. The van der Waals surface area contributed by atoms with Gasteiger partial charge in [-0.1, -0.05) is 29.4 Å². The number of nitrogens with zero attached hydrogens (tertiary/aromatic N) is 3. The van der Waals surface area contributed by atoms with Gasteiger partial charge in [0, 0.05) is 23.4 Å². The summed E-state index contributed by atoms with van der Waals surface area (Å²) in [4.78, 5) is 25.8. The van der Waals surface area contributed by atoms with Gasteiger partial charge in [0.25, 0.3) is 0 Å². The number of morpholine rings is 1. The highest BCUT2D eigenvalue weighted by molar-refractivity contribution is 8.00. The van der Waals surface area contributed by atoms with Crippen LogP contribution in [0.15, 0.2) is 29.6 Å². The fourth-order valence-electron chi connectivity index (χ4n) is 3.30.